The SMILES string of the molecule is COCCN(CCOc1ccc2[nH]c(-c3cc4ccccc4[nH]c3=O)cc2c1)Cc1ccc(OC)nc1. The van der Waals surface area contributed by atoms with Crippen LogP contribution in [0.3, 0.4) is 0 Å². The van der Waals surface area contributed by atoms with Crippen molar-refractivity contribution in [3.05, 3.63) is 88.8 Å². The molecule has 0 atom stereocenters. The van der Waals surface area contributed by atoms with Gasteiger partial charge in [-0.1, -0.05) is 24.3 Å². The van der Waals surface area contributed by atoms with Crippen molar-refractivity contribution in [3.63, 3.8) is 0 Å². The fourth-order valence-electron chi connectivity index (χ4n) is 4.36. The number of ether oxygens (including phenoxy) is 3. The Hall–Kier alpha value is -4.14. The van der Waals surface area contributed by atoms with E-state index in [9.17, 15) is 4.79 Å². The van der Waals surface area contributed by atoms with E-state index in [0.29, 0.717) is 24.7 Å². The van der Waals surface area contributed by atoms with Crippen molar-refractivity contribution in [2.45, 2.75) is 6.54 Å². The molecule has 0 spiro atoms. The first-order valence-electron chi connectivity index (χ1n) is 12.2. The standard InChI is InChI=1S/C29H30N4O4/c1-35-13-11-33(19-20-7-10-28(36-2)30-18-20)12-14-37-23-8-9-26-22(15-23)17-27(31-26)24-16-21-5-3-4-6-25(21)32-29(24)34/h3-10,15-18,31H,11-14,19H2,1-2H3,(H,32,34). The number of pyridine rings is 2. The maximum Gasteiger partial charge on any atom is 0.257 e. The number of rotatable bonds is 11. The van der Waals surface area contributed by atoms with Gasteiger partial charge in [0.2, 0.25) is 5.88 Å². The van der Waals surface area contributed by atoms with Crippen LogP contribution in [0.15, 0.2) is 77.7 Å². The fourth-order valence-corrected chi connectivity index (χ4v) is 4.36. The summed E-state index contributed by atoms with van der Waals surface area (Å²) in [4.78, 5) is 25.6. The summed E-state index contributed by atoms with van der Waals surface area (Å²) in [6.45, 7) is 3.42. The van der Waals surface area contributed by atoms with Crippen molar-refractivity contribution in [3.8, 4) is 22.9 Å². The monoisotopic (exact) mass is 498 g/mol. The third-order valence-corrected chi connectivity index (χ3v) is 6.34. The van der Waals surface area contributed by atoms with E-state index in [1.54, 1.807) is 14.2 Å². The summed E-state index contributed by atoms with van der Waals surface area (Å²) in [5.41, 5.74) is 4.14. The summed E-state index contributed by atoms with van der Waals surface area (Å²) < 4.78 is 16.5. The van der Waals surface area contributed by atoms with E-state index in [0.717, 1.165) is 58.4 Å². The van der Waals surface area contributed by atoms with Gasteiger partial charge in [0.05, 0.1) is 25.0 Å². The van der Waals surface area contributed by atoms with Gasteiger partial charge >= 0.3 is 0 Å². The van der Waals surface area contributed by atoms with Gasteiger partial charge in [0, 0.05) is 55.4 Å². The van der Waals surface area contributed by atoms with Gasteiger partial charge < -0.3 is 24.2 Å². The quantitative estimate of drug-likeness (QED) is 0.276. The Morgan fingerprint density at radius 3 is 2.51 bits per heavy atom. The van der Waals surface area contributed by atoms with Gasteiger partial charge in [-0.3, -0.25) is 9.69 Å². The molecule has 0 saturated heterocycles. The van der Waals surface area contributed by atoms with Crippen LogP contribution in [0.2, 0.25) is 0 Å². The zero-order chi connectivity index (χ0) is 25.6. The average Bonchev–Trinajstić information content (AvgIpc) is 3.35. The van der Waals surface area contributed by atoms with Crippen LogP contribution >= 0.6 is 0 Å². The van der Waals surface area contributed by atoms with Crippen LogP contribution in [0.4, 0.5) is 0 Å². The Balaban J connectivity index is 1.26. The third-order valence-electron chi connectivity index (χ3n) is 6.34. The number of H-pyrrole nitrogens is 2. The number of benzene rings is 2. The van der Waals surface area contributed by atoms with Crippen molar-refractivity contribution >= 4 is 21.8 Å². The van der Waals surface area contributed by atoms with Crippen molar-refractivity contribution in [1.82, 2.24) is 19.9 Å². The summed E-state index contributed by atoms with van der Waals surface area (Å²) in [7, 11) is 3.31. The highest BCUT2D eigenvalue weighted by Gasteiger charge is 2.11. The predicted molar refractivity (Wildman–Crippen MR) is 145 cm³/mol. The third kappa shape index (κ3) is 5.82. The molecule has 8 nitrogen and oxygen atoms in total. The maximum absolute atomic E-state index is 12.7. The molecule has 5 rings (SSSR count). The van der Waals surface area contributed by atoms with E-state index >= 15 is 0 Å². The lowest BCUT2D eigenvalue weighted by Gasteiger charge is -2.22. The average molecular weight is 499 g/mol. The Labute approximate surface area is 214 Å². The summed E-state index contributed by atoms with van der Waals surface area (Å²) in [5, 5.41) is 1.98. The van der Waals surface area contributed by atoms with Crippen molar-refractivity contribution in [2.75, 3.05) is 40.5 Å². The topological polar surface area (TPSA) is 92.5 Å². The molecule has 37 heavy (non-hydrogen) atoms. The van der Waals surface area contributed by atoms with Crippen LogP contribution in [-0.4, -0.2) is 60.4 Å². The van der Waals surface area contributed by atoms with E-state index in [-0.39, 0.29) is 5.56 Å². The Morgan fingerprint density at radius 2 is 1.70 bits per heavy atom. The van der Waals surface area contributed by atoms with Crippen LogP contribution in [0, 0.1) is 0 Å². The molecule has 0 radical (unpaired) electrons. The molecule has 3 heterocycles. The van der Waals surface area contributed by atoms with E-state index < -0.39 is 0 Å². The molecule has 0 aliphatic carbocycles. The van der Waals surface area contributed by atoms with Crippen LogP contribution in [-0.2, 0) is 11.3 Å². The Bertz CT molecular complexity index is 1540. The molecule has 0 fully saturated rings. The van der Waals surface area contributed by atoms with Crippen LogP contribution in [0.1, 0.15) is 5.56 Å². The lowest BCUT2D eigenvalue weighted by atomic mass is 10.1. The summed E-state index contributed by atoms with van der Waals surface area (Å²) in [5.74, 6) is 1.38. The number of nitrogens with zero attached hydrogens (tertiary/aromatic N) is 2. The highest BCUT2D eigenvalue weighted by Crippen LogP contribution is 2.27. The molecule has 5 aromatic rings. The lowest BCUT2D eigenvalue weighted by Crippen LogP contribution is -2.31. The molecule has 3 aromatic heterocycles. The summed E-state index contributed by atoms with van der Waals surface area (Å²) >= 11 is 0. The number of hydrogen-bond donors (Lipinski definition) is 2. The molecule has 0 aliphatic rings. The molecule has 0 unspecified atom stereocenters. The lowest BCUT2D eigenvalue weighted by molar-refractivity contribution is 0.130. The van der Waals surface area contributed by atoms with Gasteiger partial charge in [-0.15, -0.1) is 0 Å². The molecule has 2 N–H and O–H groups in total. The number of aromatic amines is 2. The molecule has 8 heteroatoms. The van der Waals surface area contributed by atoms with Gasteiger partial charge in [-0.2, -0.15) is 0 Å². The van der Waals surface area contributed by atoms with E-state index in [1.807, 2.05) is 72.9 Å². The minimum Gasteiger partial charge on any atom is -0.492 e. The first kappa shape index (κ1) is 24.5. The van der Waals surface area contributed by atoms with E-state index in [1.165, 1.54) is 0 Å². The van der Waals surface area contributed by atoms with E-state index in [2.05, 4.69) is 19.9 Å². The fraction of sp³-hybridized carbons (Fsp3) is 0.241. The normalized spacial score (nSPS) is 11.4. The van der Waals surface area contributed by atoms with Crippen molar-refractivity contribution in [2.24, 2.45) is 0 Å². The predicted octanol–water partition coefficient (Wildman–Crippen LogP) is 4.61. The molecule has 2 aromatic carbocycles. The minimum atomic E-state index is -0.120. The molecule has 190 valence electrons. The number of hydrogen-bond acceptors (Lipinski definition) is 6. The van der Waals surface area contributed by atoms with Gasteiger partial charge in [-0.05, 0) is 47.3 Å². The summed E-state index contributed by atoms with van der Waals surface area (Å²) in [6.07, 6.45) is 1.83. The Kier molecular flexibility index (Phi) is 7.49. The maximum atomic E-state index is 12.7. The molecule has 0 amide bonds. The van der Waals surface area contributed by atoms with Gasteiger partial charge in [-0.25, -0.2) is 4.98 Å². The molecule has 0 bridgehead atoms. The number of nitrogens with one attached hydrogen (secondary N) is 2. The number of aromatic nitrogens is 3. The minimum absolute atomic E-state index is 0.120. The van der Waals surface area contributed by atoms with Gasteiger partial charge in [0.1, 0.15) is 12.4 Å². The molecular weight excluding hydrogens is 468 g/mol. The van der Waals surface area contributed by atoms with E-state index in [4.69, 9.17) is 14.2 Å². The van der Waals surface area contributed by atoms with Crippen LogP contribution in [0.25, 0.3) is 33.1 Å². The smallest absolute Gasteiger partial charge is 0.257 e. The van der Waals surface area contributed by atoms with Crippen LogP contribution in [0.5, 0.6) is 11.6 Å². The van der Waals surface area contributed by atoms with Crippen LogP contribution < -0.4 is 15.0 Å². The first-order chi connectivity index (χ1) is 18.1. The summed E-state index contributed by atoms with van der Waals surface area (Å²) in [6, 6.07) is 21.5. The first-order valence-corrected chi connectivity index (χ1v) is 12.2. The van der Waals surface area contributed by atoms with Gasteiger partial charge in [0.15, 0.2) is 0 Å². The molecule has 0 aliphatic heterocycles. The Morgan fingerprint density at radius 1 is 0.865 bits per heavy atom. The second-order valence-corrected chi connectivity index (χ2v) is 8.86. The van der Waals surface area contributed by atoms with Crippen molar-refractivity contribution < 1.29 is 14.2 Å². The second-order valence-electron chi connectivity index (χ2n) is 8.86. The number of methoxy groups -OCH3 is 2. The second kappa shape index (κ2) is 11.3. The highest BCUT2D eigenvalue weighted by molar-refractivity contribution is 5.89. The number of para-hydroxylation sites is 1. The number of fused-ring (bicyclic) bond motifs is 2. The highest BCUT2D eigenvalue weighted by atomic mass is 16.5. The van der Waals surface area contributed by atoms with Gasteiger partial charge in [0.25, 0.3) is 5.56 Å². The zero-order valence-corrected chi connectivity index (χ0v) is 21.0. The largest absolute Gasteiger partial charge is 0.492 e. The molecular formula is C29H30N4O4. The van der Waals surface area contributed by atoms with Crippen molar-refractivity contribution in [1.29, 1.82) is 0 Å². The zero-order valence-electron chi connectivity index (χ0n) is 21.0. The molecule has 0 saturated carbocycles.